The van der Waals surface area contributed by atoms with E-state index < -0.39 is 0 Å². The first-order valence-electron chi connectivity index (χ1n) is 2.19. The van der Waals surface area contributed by atoms with Gasteiger partial charge in [0.05, 0.1) is 0 Å². The molecule has 0 spiro atoms. The summed E-state index contributed by atoms with van der Waals surface area (Å²) in [6.07, 6.45) is 0. The molecule has 0 fully saturated rings. The fraction of sp³-hybridized carbons (Fsp3) is 1.00. The van der Waals surface area contributed by atoms with E-state index in [4.69, 9.17) is 0 Å². The van der Waals surface area contributed by atoms with Gasteiger partial charge >= 0.3 is 0 Å². The molecule has 0 bridgehead atoms. The number of nitrogens with one attached hydrogen (secondary N) is 2. The smallest absolute Gasteiger partial charge is 0.0156 e. The molecule has 54 valence electrons. The Balaban J connectivity index is -0.000000125. The predicted molar refractivity (Wildman–Crippen MR) is 41.8 cm³/mol. The molecule has 0 aromatic rings. The van der Waals surface area contributed by atoms with E-state index in [-0.39, 0.29) is 24.8 Å². The van der Waals surface area contributed by atoms with Crippen LogP contribution < -0.4 is 10.9 Å². The molecule has 0 saturated heterocycles. The quantitative estimate of drug-likeness (QED) is 0.589. The Morgan fingerprint density at radius 1 is 1.12 bits per heavy atom. The first kappa shape index (κ1) is 15.8. The Morgan fingerprint density at radius 3 is 1.50 bits per heavy atom. The minimum Gasteiger partial charge on any atom is -0.261 e. The Morgan fingerprint density at radius 2 is 1.50 bits per heavy atom. The highest BCUT2D eigenvalue weighted by Crippen LogP contribution is 1.66. The highest BCUT2D eigenvalue weighted by Gasteiger charge is 1.81. The monoisotopic (exact) mass is 160 g/mol. The van der Waals surface area contributed by atoms with E-state index >= 15 is 0 Å². The topological polar surface area (TPSA) is 24.1 Å². The number of hydrogen-bond donors (Lipinski definition) is 2. The second-order valence-corrected chi connectivity index (χ2v) is 1.55. The molecular weight excluding hydrogens is 147 g/mol. The van der Waals surface area contributed by atoms with Crippen LogP contribution in [0.15, 0.2) is 0 Å². The summed E-state index contributed by atoms with van der Waals surface area (Å²) in [6.45, 7) is 4.16. The van der Waals surface area contributed by atoms with Crippen LogP contribution in [0, 0.1) is 0 Å². The van der Waals surface area contributed by atoms with Gasteiger partial charge in [0.15, 0.2) is 0 Å². The molecular formula is C4H14Cl2N2. The van der Waals surface area contributed by atoms with Crippen molar-refractivity contribution in [1.29, 1.82) is 0 Å². The summed E-state index contributed by atoms with van der Waals surface area (Å²) in [4.78, 5) is 0. The predicted octanol–water partition coefficient (Wildman–Crippen LogP) is 0.962. The first-order chi connectivity index (χ1) is 2.77. The molecule has 0 unspecified atom stereocenters. The van der Waals surface area contributed by atoms with Gasteiger partial charge in [0.1, 0.15) is 0 Å². The van der Waals surface area contributed by atoms with Gasteiger partial charge in [-0.25, -0.2) is 0 Å². The SMILES string of the molecule is CNNC(C)C.Cl.Cl. The third-order valence-corrected chi connectivity index (χ3v) is 0.433. The molecule has 2 N–H and O–H groups in total. The van der Waals surface area contributed by atoms with Crippen LogP contribution in [-0.2, 0) is 0 Å². The summed E-state index contributed by atoms with van der Waals surface area (Å²) in [7, 11) is 1.86. The number of rotatable bonds is 2. The van der Waals surface area contributed by atoms with Gasteiger partial charge in [-0.3, -0.25) is 10.9 Å². The minimum absolute atomic E-state index is 0. The Kier molecular flexibility index (Phi) is 20.7. The molecule has 2 nitrogen and oxygen atoms in total. The summed E-state index contributed by atoms with van der Waals surface area (Å²) in [5, 5.41) is 0. The molecule has 0 amide bonds. The van der Waals surface area contributed by atoms with Crippen molar-refractivity contribution in [2.45, 2.75) is 19.9 Å². The maximum atomic E-state index is 2.96. The van der Waals surface area contributed by atoms with Crippen molar-refractivity contribution in [3.8, 4) is 0 Å². The van der Waals surface area contributed by atoms with Crippen LogP contribution >= 0.6 is 24.8 Å². The molecule has 0 rings (SSSR count). The molecule has 0 aliphatic rings. The second kappa shape index (κ2) is 10.5. The van der Waals surface area contributed by atoms with Gasteiger partial charge in [0, 0.05) is 6.04 Å². The van der Waals surface area contributed by atoms with Gasteiger partial charge in [-0.15, -0.1) is 24.8 Å². The van der Waals surface area contributed by atoms with Crippen LogP contribution in [0.3, 0.4) is 0 Å². The van der Waals surface area contributed by atoms with Crippen molar-refractivity contribution >= 4 is 24.8 Å². The third-order valence-electron chi connectivity index (χ3n) is 0.433. The van der Waals surface area contributed by atoms with Gasteiger partial charge in [0.25, 0.3) is 0 Å². The average molecular weight is 161 g/mol. The van der Waals surface area contributed by atoms with Crippen molar-refractivity contribution < 1.29 is 0 Å². The zero-order chi connectivity index (χ0) is 4.99. The fourth-order valence-corrected chi connectivity index (χ4v) is 0.289. The van der Waals surface area contributed by atoms with Crippen molar-refractivity contribution in [2.24, 2.45) is 0 Å². The van der Waals surface area contributed by atoms with E-state index in [1.807, 2.05) is 7.05 Å². The van der Waals surface area contributed by atoms with E-state index in [9.17, 15) is 0 Å². The molecule has 0 atom stereocenters. The lowest BCUT2D eigenvalue weighted by Crippen LogP contribution is -2.33. The normalized spacial score (nSPS) is 7.50. The highest BCUT2D eigenvalue weighted by atomic mass is 35.5. The fourth-order valence-electron chi connectivity index (χ4n) is 0.289. The van der Waals surface area contributed by atoms with Crippen LogP contribution in [-0.4, -0.2) is 13.1 Å². The lowest BCUT2D eigenvalue weighted by atomic mass is 10.4. The molecule has 0 aliphatic heterocycles. The summed E-state index contributed by atoms with van der Waals surface area (Å²) >= 11 is 0. The molecule has 4 heteroatoms. The first-order valence-corrected chi connectivity index (χ1v) is 2.19. The molecule has 8 heavy (non-hydrogen) atoms. The largest absolute Gasteiger partial charge is 0.261 e. The second-order valence-electron chi connectivity index (χ2n) is 1.55. The Hall–Kier alpha value is 0.500. The lowest BCUT2D eigenvalue weighted by Gasteiger charge is -2.02. The van der Waals surface area contributed by atoms with E-state index in [0.717, 1.165) is 0 Å². The zero-order valence-electron chi connectivity index (χ0n) is 5.39. The number of hydrogen-bond acceptors (Lipinski definition) is 2. The zero-order valence-corrected chi connectivity index (χ0v) is 7.03. The molecule has 0 radical (unpaired) electrons. The van der Waals surface area contributed by atoms with Gasteiger partial charge in [0.2, 0.25) is 0 Å². The van der Waals surface area contributed by atoms with Crippen LogP contribution in [0.1, 0.15) is 13.8 Å². The summed E-state index contributed by atoms with van der Waals surface area (Å²) in [5.41, 5.74) is 5.78. The summed E-state index contributed by atoms with van der Waals surface area (Å²) in [5.74, 6) is 0. The van der Waals surface area contributed by atoms with E-state index in [1.54, 1.807) is 0 Å². The summed E-state index contributed by atoms with van der Waals surface area (Å²) < 4.78 is 0. The maximum absolute atomic E-state index is 2.96. The van der Waals surface area contributed by atoms with Crippen LogP contribution in [0.25, 0.3) is 0 Å². The van der Waals surface area contributed by atoms with Crippen molar-refractivity contribution in [3.63, 3.8) is 0 Å². The minimum atomic E-state index is 0. The van der Waals surface area contributed by atoms with Gasteiger partial charge in [-0.05, 0) is 20.9 Å². The number of halogens is 2. The standard InChI is InChI=1S/C4H12N2.2ClH/c1-4(2)6-5-3;;/h4-6H,1-3H3;2*1H. The van der Waals surface area contributed by atoms with Gasteiger partial charge < -0.3 is 0 Å². The van der Waals surface area contributed by atoms with E-state index in [2.05, 4.69) is 24.7 Å². The maximum Gasteiger partial charge on any atom is 0.0156 e. The van der Waals surface area contributed by atoms with Crippen LogP contribution in [0.2, 0.25) is 0 Å². The molecule has 0 heterocycles. The average Bonchev–Trinajstić information content (AvgIpc) is 1.35. The van der Waals surface area contributed by atoms with E-state index in [1.165, 1.54) is 0 Å². The van der Waals surface area contributed by atoms with Crippen molar-refractivity contribution in [3.05, 3.63) is 0 Å². The van der Waals surface area contributed by atoms with Crippen LogP contribution in [0.5, 0.6) is 0 Å². The van der Waals surface area contributed by atoms with Crippen LogP contribution in [0.4, 0.5) is 0 Å². The highest BCUT2D eigenvalue weighted by molar-refractivity contribution is 5.85. The van der Waals surface area contributed by atoms with Gasteiger partial charge in [-0.2, -0.15) is 0 Å². The van der Waals surface area contributed by atoms with E-state index in [0.29, 0.717) is 6.04 Å². The van der Waals surface area contributed by atoms with Crippen molar-refractivity contribution in [2.75, 3.05) is 7.05 Å². The molecule has 0 saturated carbocycles. The van der Waals surface area contributed by atoms with Gasteiger partial charge in [-0.1, -0.05) is 0 Å². The van der Waals surface area contributed by atoms with Crippen molar-refractivity contribution in [1.82, 2.24) is 10.9 Å². The molecule has 0 aromatic heterocycles. The Bertz CT molecular complexity index is 33.2. The Labute approximate surface area is 63.2 Å². The molecule has 0 aromatic carbocycles. The number of hydrazine groups is 1. The molecule has 0 aliphatic carbocycles. The third kappa shape index (κ3) is 16.1. The lowest BCUT2D eigenvalue weighted by molar-refractivity contribution is 0.518. The summed E-state index contributed by atoms with van der Waals surface area (Å²) in [6, 6.07) is 0.537.